The van der Waals surface area contributed by atoms with Crippen LogP contribution >= 0.6 is 0 Å². The van der Waals surface area contributed by atoms with Gasteiger partial charge in [0.25, 0.3) is 11.8 Å². The number of nitrogens with one attached hydrogen (secondary N) is 1. The molecule has 39 heavy (non-hydrogen) atoms. The normalized spacial score (nSPS) is 13.2. The molecule has 0 saturated carbocycles. The number of rotatable bonds is 9. The maximum Gasteiger partial charge on any atom is 0.446 e. The van der Waals surface area contributed by atoms with E-state index >= 15 is 0 Å². The van der Waals surface area contributed by atoms with Gasteiger partial charge in [0.15, 0.2) is 0 Å². The number of alkyl halides is 4. The number of hydrogen-bond acceptors (Lipinski definition) is 4. The summed E-state index contributed by atoms with van der Waals surface area (Å²) >= 11 is 0. The van der Waals surface area contributed by atoms with Gasteiger partial charge in [-0.1, -0.05) is 33.2 Å². The van der Waals surface area contributed by atoms with Crippen LogP contribution in [0.4, 0.5) is 37.9 Å². The first-order chi connectivity index (χ1) is 18.3. The fraction of sp³-hybridized carbons (Fsp3) is 0.259. The second kappa shape index (κ2) is 11.9. The topological polar surface area (TPSA) is 78.7 Å². The summed E-state index contributed by atoms with van der Waals surface area (Å²) in [5.41, 5.74) is 5.16. The molecule has 0 radical (unpaired) electrons. The predicted molar refractivity (Wildman–Crippen MR) is 135 cm³/mol. The fourth-order valence-electron chi connectivity index (χ4n) is 4.04. The highest BCUT2D eigenvalue weighted by Gasteiger charge is 2.64. The third kappa shape index (κ3) is 6.23. The number of amides is 2. The van der Waals surface area contributed by atoms with Gasteiger partial charge in [0.05, 0.1) is 5.34 Å². The van der Waals surface area contributed by atoms with E-state index in [0.29, 0.717) is 36.3 Å². The van der Waals surface area contributed by atoms with Crippen molar-refractivity contribution in [1.82, 2.24) is 5.34 Å². The van der Waals surface area contributed by atoms with Crippen LogP contribution in [-0.4, -0.2) is 36.4 Å². The van der Waals surface area contributed by atoms with E-state index in [1.165, 1.54) is 30.9 Å². The van der Waals surface area contributed by atoms with Gasteiger partial charge in [0, 0.05) is 34.6 Å². The Morgan fingerprint density at radius 2 is 1.46 bits per heavy atom. The number of carbonyl (C=O) groups is 2. The highest BCUT2D eigenvalue weighted by molar-refractivity contribution is 6.08. The van der Waals surface area contributed by atoms with Crippen LogP contribution in [-0.2, 0) is 5.79 Å². The number of aryl methyl sites for hydroxylation is 2. The highest BCUT2D eigenvalue weighted by atomic mass is 19.4. The molecule has 0 aromatic heterocycles. The molecule has 0 spiro atoms. The van der Waals surface area contributed by atoms with E-state index < -0.39 is 28.8 Å². The van der Waals surface area contributed by atoms with E-state index in [1.54, 1.807) is 42.5 Å². The number of halogens is 6. The first kappa shape index (κ1) is 29.7. The molecular formula is C27H26F6N4O2. The van der Waals surface area contributed by atoms with E-state index in [9.17, 15) is 36.1 Å². The Morgan fingerprint density at radius 3 is 2.00 bits per heavy atom. The lowest BCUT2D eigenvalue weighted by molar-refractivity contribution is -0.388. The van der Waals surface area contributed by atoms with Crippen LogP contribution in [0.5, 0.6) is 0 Å². The zero-order valence-corrected chi connectivity index (χ0v) is 21.0. The first-order valence-corrected chi connectivity index (χ1v) is 11.8. The lowest BCUT2D eigenvalue weighted by Crippen LogP contribution is -2.46. The molecule has 3 N–H and O–H groups in total. The number of benzene rings is 3. The van der Waals surface area contributed by atoms with E-state index in [4.69, 9.17) is 5.73 Å². The van der Waals surface area contributed by atoms with Crippen LogP contribution in [0.1, 0.15) is 43.8 Å². The molecule has 0 saturated heterocycles. The average Bonchev–Trinajstić information content (AvgIpc) is 2.90. The van der Waals surface area contributed by atoms with Crippen LogP contribution in [0.15, 0.2) is 66.7 Å². The van der Waals surface area contributed by atoms with Crippen molar-refractivity contribution in [2.45, 2.75) is 32.2 Å². The van der Waals surface area contributed by atoms with Crippen molar-refractivity contribution in [3.63, 3.8) is 0 Å². The summed E-state index contributed by atoms with van der Waals surface area (Å²) < 4.78 is 80.1. The molecule has 1 unspecified atom stereocenters. The van der Waals surface area contributed by atoms with Crippen molar-refractivity contribution in [3.8, 4) is 0 Å². The zero-order chi connectivity index (χ0) is 29.0. The number of nitrogens with zero attached hydrogens (tertiary/aromatic N) is 2. The summed E-state index contributed by atoms with van der Waals surface area (Å²) in [7, 11) is 0. The van der Waals surface area contributed by atoms with Crippen LogP contribution in [0.2, 0.25) is 0 Å². The minimum Gasteiger partial charge on any atom is -0.330 e. The molecule has 3 rings (SSSR count). The number of anilines is 2. The van der Waals surface area contributed by atoms with Gasteiger partial charge in [-0.25, -0.2) is 4.39 Å². The molecule has 3 aromatic rings. The largest absolute Gasteiger partial charge is 0.446 e. The molecule has 0 bridgehead atoms. The molecule has 2 amide bonds. The van der Waals surface area contributed by atoms with Gasteiger partial charge in [-0.05, 0) is 80.4 Å². The Morgan fingerprint density at radius 1 is 0.872 bits per heavy atom. The van der Waals surface area contributed by atoms with Gasteiger partial charge in [0.2, 0.25) is 0 Å². The molecule has 0 aliphatic rings. The molecule has 3 aromatic carbocycles. The zero-order valence-electron chi connectivity index (χ0n) is 21.0. The van der Waals surface area contributed by atoms with Crippen molar-refractivity contribution in [2.24, 2.45) is 5.73 Å². The summed E-state index contributed by atoms with van der Waals surface area (Å²) in [5, 5.41) is 0.0148. The minimum atomic E-state index is -5.92. The lowest BCUT2D eigenvalue weighted by Gasteiger charge is -2.28. The van der Waals surface area contributed by atoms with E-state index in [1.807, 2.05) is 0 Å². The lowest BCUT2D eigenvalue weighted by atomic mass is 9.97. The molecule has 12 heteroatoms. The van der Waals surface area contributed by atoms with Crippen LogP contribution in [0, 0.1) is 13.8 Å². The second-order valence-electron chi connectivity index (χ2n) is 8.81. The minimum absolute atomic E-state index is 0.0308. The molecule has 0 aliphatic heterocycles. The number of carbonyl (C=O) groups excluding carboxylic acids is 2. The van der Waals surface area contributed by atoms with E-state index in [0.717, 1.165) is 0 Å². The summed E-state index contributed by atoms with van der Waals surface area (Å²) in [4.78, 5) is 27.7. The van der Waals surface area contributed by atoms with Crippen molar-refractivity contribution < 1.29 is 36.1 Å². The van der Waals surface area contributed by atoms with Crippen LogP contribution in [0.25, 0.3) is 0 Å². The number of hydrogen-bond donors (Lipinski definition) is 2. The standard InChI is InChI=1S/C27H26F6N4O2/c1-17-14-21(26(28,37(32)33)27(29,30)31)15-18(2)23(17)35-24(38)20-10-6-11-22(16-20)36(13-7-12-34)25(39)19-8-4-3-5-9-19/h3-6,8-11,14-16H,7,12-13,34H2,1-2H3,(H,35,38). The van der Waals surface area contributed by atoms with Crippen molar-refractivity contribution in [1.29, 1.82) is 0 Å². The summed E-state index contributed by atoms with van der Waals surface area (Å²) in [6, 6.07) is 15.8. The Bertz CT molecular complexity index is 1310. The fourth-order valence-corrected chi connectivity index (χ4v) is 4.04. The predicted octanol–water partition coefficient (Wildman–Crippen LogP) is 6.31. The molecule has 1 atom stereocenters. The highest BCUT2D eigenvalue weighted by Crippen LogP contribution is 2.47. The average molecular weight is 553 g/mol. The maximum absolute atomic E-state index is 14.5. The maximum atomic E-state index is 14.5. The van der Waals surface area contributed by atoms with Gasteiger partial charge in [-0.15, -0.1) is 0 Å². The third-order valence-electron chi connectivity index (χ3n) is 6.03. The van der Waals surface area contributed by atoms with Gasteiger partial charge in [-0.2, -0.15) is 13.2 Å². The monoisotopic (exact) mass is 552 g/mol. The van der Waals surface area contributed by atoms with Crippen molar-refractivity contribution in [3.05, 3.63) is 94.5 Å². The van der Waals surface area contributed by atoms with E-state index in [2.05, 4.69) is 5.32 Å². The molecular weight excluding hydrogens is 526 g/mol. The van der Waals surface area contributed by atoms with Crippen LogP contribution in [0.3, 0.4) is 0 Å². The number of nitrogens with two attached hydrogens (primary N) is 1. The van der Waals surface area contributed by atoms with Gasteiger partial charge in [-0.3, -0.25) is 9.59 Å². The molecule has 0 aliphatic carbocycles. The quantitative estimate of drug-likeness (QED) is 0.185. The Hall–Kier alpha value is -3.90. The molecule has 208 valence electrons. The summed E-state index contributed by atoms with van der Waals surface area (Å²) in [5.74, 6) is -6.02. The summed E-state index contributed by atoms with van der Waals surface area (Å²) in [6.07, 6.45) is -5.43. The molecule has 0 heterocycles. The summed E-state index contributed by atoms with van der Waals surface area (Å²) in [6.45, 7) is 3.12. The SMILES string of the molecule is Cc1cc(C(F)(N(F)F)C(F)(F)F)cc(C)c1NC(=O)c1cccc(N(CCCN)C(=O)c2ccccc2)c1. The van der Waals surface area contributed by atoms with Crippen molar-refractivity contribution >= 4 is 23.2 Å². The van der Waals surface area contributed by atoms with Crippen LogP contribution < -0.4 is 16.0 Å². The molecule has 0 fully saturated rings. The first-order valence-electron chi connectivity index (χ1n) is 11.8. The smallest absolute Gasteiger partial charge is 0.330 e. The Balaban J connectivity index is 1.92. The van der Waals surface area contributed by atoms with Gasteiger partial charge < -0.3 is 16.0 Å². The van der Waals surface area contributed by atoms with E-state index in [-0.39, 0.29) is 34.8 Å². The Kier molecular flexibility index (Phi) is 9.03. The second-order valence-corrected chi connectivity index (χ2v) is 8.81. The van der Waals surface area contributed by atoms with Gasteiger partial charge in [0.1, 0.15) is 0 Å². The molecule has 6 nitrogen and oxygen atoms in total. The Labute approximate surface area is 220 Å². The van der Waals surface area contributed by atoms with Gasteiger partial charge >= 0.3 is 12.0 Å². The third-order valence-corrected chi connectivity index (χ3v) is 6.03. The van der Waals surface area contributed by atoms with Crippen molar-refractivity contribution in [2.75, 3.05) is 23.3 Å².